The second-order valence-corrected chi connectivity index (χ2v) is 5.05. The van der Waals surface area contributed by atoms with Crippen molar-refractivity contribution >= 4 is 16.5 Å². The summed E-state index contributed by atoms with van der Waals surface area (Å²) in [4.78, 5) is 4.83. The van der Waals surface area contributed by atoms with Crippen LogP contribution in [0.2, 0.25) is 0 Å². The summed E-state index contributed by atoms with van der Waals surface area (Å²) in [6.45, 7) is 1.85. The minimum absolute atomic E-state index is 0.533. The van der Waals surface area contributed by atoms with Crippen LogP contribution < -0.4 is 5.73 Å². The van der Waals surface area contributed by atoms with Gasteiger partial charge in [-0.05, 0) is 19.3 Å². The van der Waals surface area contributed by atoms with E-state index in [1.807, 2.05) is 6.92 Å². The van der Waals surface area contributed by atoms with Crippen LogP contribution in [0.3, 0.4) is 0 Å². The molecule has 0 radical (unpaired) electrons. The molecule has 0 aliphatic heterocycles. The number of nitrogens with zero attached hydrogens (tertiary/aromatic N) is 1. The number of nitrogens with two attached hydrogens (primary N) is 1. The molecule has 3 N–H and O–H groups in total. The molecule has 1 aromatic rings. The molecule has 72 valence electrons. The van der Waals surface area contributed by atoms with Gasteiger partial charge in [-0.2, -0.15) is 0 Å². The fourth-order valence-electron chi connectivity index (χ4n) is 1.52. The van der Waals surface area contributed by atoms with Crippen LogP contribution in [-0.4, -0.2) is 10.1 Å². The van der Waals surface area contributed by atoms with Gasteiger partial charge in [0, 0.05) is 6.20 Å². The smallest absolute Gasteiger partial charge is 0.180 e. The number of rotatable bonds is 3. The Kier molecular flexibility index (Phi) is 2.04. The van der Waals surface area contributed by atoms with Crippen LogP contribution in [0.25, 0.3) is 0 Å². The zero-order valence-corrected chi connectivity index (χ0v) is 8.47. The zero-order valence-electron chi connectivity index (χ0n) is 7.66. The Morgan fingerprint density at radius 3 is 2.92 bits per heavy atom. The van der Waals surface area contributed by atoms with Crippen molar-refractivity contribution in [3.63, 3.8) is 0 Å². The molecule has 1 aliphatic rings. The third-order valence-corrected chi connectivity index (χ3v) is 3.52. The molecule has 1 aromatic heterocycles. The maximum atomic E-state index is 10.1. The molecule has 1 aliphatic carbocycles. The zero-order chi connectivity index (χ0) is 9.47. The van der Waals surface area contributed by atoms with Crippen LogP contribution in [0.15, 0.2) is 6.20 Å². The first kappa shape index (κ1) is 8.97. The van der Waals surface area contributed by atoms with Gasteiger partial charge in [0.05, 0.1) is 10.5 Å². The Hall–Kier alpha value is -0.610. The molecule has 3 nitrogen and oxygen atoms in total. The topological polar surface area (TPSA) is 59.1 Å². The van der Waals surface area contributed by atoms with Crippen LogP contribution in [-0.2, 0) is 5.60 Å². The summed E-state index contributed by atoms with van der Waals surface area (Å²) in [6, 6.07) is 0. The number of anilines is 1. The average Bonchev–Trinajstić information content (AvgIpc) is 2.70. The van der Waals surface area contributed by atoms with E-state index >= 15 is 0 Å². The molecule has 4 heteroatoms. The summed E-state index contributed by atoms with van der Waals surface area (Å²) in [7, 11) is 0. The van der Waals surface area contributed by atoms with E-state index in [9.17, 15) is 5.11 Å². The number of hydrogen-bond acceptors (Lipinski definition) is 4. The second-order valence-electron chi connectivity index (χ2n) is 3.98. The summed E-state index contributed by atoms with van der Waals surface area (Å²) < 4.78 is 0. The molecule has 1 fully saturated rings. The minimum Gasteiger partial charge on any atom is -0.385 e. The monoisotopic (exact) mass is 198 g/mol. The summed E-state index contributed by atoms with van der Waals surface area (Å²) in [5.74, 6) is 0.707. The Bertz CT molecular complexity index is 304. The quantitative estimate of drug-likeness (QED) is 0.777. The van der Waals surface area contributed by atoms with Crippen molar-refractivity contribution in [3.05, 3.63) is 11.1 Å². The molecule has 0 amide bonds. The lowest BCUT2D eigenvalue weighted by Gasteiger charge is -2.20. The SMILES string of the molecule is CC(O)(CC1CC1)c1cnc(N)s1. The van der Waals surface area contributed by atoms with E-state index in [2.05, 4.69) is 4.98 Å². The van der Waals surface area contributed by atoms with Gasteiger partial charge in [-0.1, -0.05) is 24.2 Å². The molecular weight excluding hydrogens is 184 g/mol. The molecule has 13 heavy (non-hydrogen) atoms. The van der Waals surface area contributed by atoms with Gasteiger partial charge < -0.3 is 10.8 Å². The molecule has 1 atom stereocenters. The summed E-state index contributed by atoms with van der Waals surface area (Å²) in [5, 5.41) is 10.7. The Balaban J connectivity index is 2.12. The standard InChI is InChI=1S/C9H14N2OS/c1-9(12,4-6-2-3-6)7-5-11-8(10)13-7/h5-6,12H,2-4H2,1H3,(H2,10,11). The summed E-state index contributed by atoms with van der Waals surface area (Å²) >= 11 is 1.38. The van der Waals surface area contributed by atoms with Crippen LogP contribution in [0.4, 0.5) is 5.13 Å². The highest BCUT2D eigenvalue weighted by Gasteiger charge is 2.34. The Morgan fingerprint density at radius 1 is 1.77 bits per heavy atom. The molecule has 1 unspecified atom stereocenters. The number of thiazole rings is 1. The maximum Gasteiger partial charge on any atom is 0.180 e. The normalized spacial score (nSPS) is 21.4. The lowest BCUT2D eigenvalue weighted by molar-refractivity contribution is 0.0453. The Labute approximate surface area is 81.6 Å². The highest BCUT2D eigenvalue weighted by Crippen LogP contribution is 2.42. The van der Waals surface area contributed by atoms with E-state index < -0.39 is 5.60 Å². The first-order valence-electron chi connectivity index (χ1n) is 4.52. The molecule has 1 saturated carbocycles. The third-order valence-electron chi connectivity index (χ3n) is 2.44. The van der Waals surface area contributed by atoms with Crippen LogP contribution >= 0.6 is 11.3 Å². The van der Waals surface area contributed by atoms with Crippen molar-refractivity contribution in [1.29, 1.82) is 0 Å². The molecular formula is C9H14N2OS. The average molecular weight is 198 g/mol. The predicted octanol–water partition coefficient (Wildman–Crippen LogP) is 1.73. The minimum atomic E-state index is -0.726. The van der Waals surface area contributed by atoms with Crippen molar-refractivity contribution in [2.45, 2.75) is 31.8 Å². The van der Waals surface area contributed by atoms with Crippen molar-refractivity contribution in [1.82, 2.24) is 4.98 Å². The number of hydrogen-bond donors (Lipinski definition) is 2. The van der Waals surface area contributed by atoms with E-state index in [1.165, 1.54) is 24.2 Å². The fourth-order valence-corrected chi connectivity index (χ4v) is 2.26. The van der Waals surface area contributed by atoms with Crippen LogP contribution in [0.1, 0.15) is 31.1 Å². The van der Waals surface area contributed by atoms with Crippen LogP contribution in [0.5, 0.6) is 0 Å². The van der Waals surface area contributed by atoms with Gasteiger partial charge in [0.15, 0.2) is 5.13 Å². The highest BCUT2D eigenvalue weighted by molar-refractivity contribution is 7.15. The highest BCUT2D eigenvalue weighted by atomic mass is 32.1. The maximum absolute atomic E-state index is 10.1. The number of aliphatic hydroxyl groups is 1. The molecule has 0 spiro atoms. The number of nitrogen functional groups attached to an aromatic ring is 1. The van der Waals surface area contributed by atoms with Gasteiger partial charge in [0.1, 0.15) is 0 Å². The molecule has 0 saturated heterocycles. The molecule has 0 aromatic carbocycles. The number of aromatic nitrogens is 1. The summed E-state index contributed by atoms with van der Waals surface area (Å²) in [6.07, 6.45) is 5.03. The van der Waals surface area contributed by atoms with Crippen molar-refractivity contribution in [3.8, 4) is 0 Å². The molecule has 2 rings (SSSR count). The van der Waals surface area contributed by atoms with Gasteiger partial charge in [-0.25, -0.2) is 4.98 Å². The fraction of sp³-hybridized carbons (Fsp3) is 0.667. The Morgan fingerprint density at radius 2 is 2.46 bits per heavy atom. The van der Waals surface area contributed by atoms with Gasteiger partial charge in [0.2, 0.25) is 0 Å². The summed E-state index contributed by atoms with van der Waals surface area (Å²) in [5.41, 5.74) is 4.79. The van der Waals surface area contributed by atoms with Crippen molar-refractivity contribution < 1.29 is 5.11 Å². The lowest BCUT2D eigenvalue weighted by Crippen LogP contribution is -2.20. The molecule has 1 heterocycles. The van der Waals surface area contributed by atoms with E-state index in [1.54, 1.807) is 6.20 Å². The van der Waals surface area contributed by atoms with Crippen molar-refractivity contribution in [2.24, 2.45) is 5.92 Å². The second kappa shape index (κ2) is 2.96. The van der Waals surface area contributed by atoms with E-state index in [0.717, 1.165) is 11.3 Å². The van der Waals surface area contributed by atoms with Gasteiger partial charge >= 0.3 is 0 Å². The lowest BCUT2D eigenvalue weighted by atomic mass is 9.98. The molecule has 0 bridgehead atoms. The first-order valence-corrected chi connectivity index (χ1v) is 5.34. The van der Waals surface area contributed by atoms with Crippen molar-refractivity contribution in [2.75, 3.05) is 5.73 Å². The van der Waals surface area contributed by atoms with Crippen LogP contribution in [0, 0.1) is 5.92 Å². The van der Waals surface area contributed by atoms with E-state index in [-0.39, 0.29) is 0 Å². The third kappa shape index (κ3) is 2.00. The predicted molar refractivity (Wildman–Crippen MR) is 53.4 cm³/mol. The largest absolute Gasteiger partial charge is 0.385 e. The van der Waals surface area contributed by atoms with E-state index in [4.69, 9.17) is 5.73 Å². The van der Waals surface area contributed by atoms with Gasteiger partial charge in [-0.15, -0.1) is 0 Å². The van der Waals surface area contributed by atoms with Gasteiger partial charge in [0.25, 0.3) is 0 Å². The van der Waals surface area contributed by atoms with Gasteiger partial charge in [-0.3, -0.25) is 0 Å². The van der Waals surface area contributed by atoms with E-state index in [0.29, 0.717) is 11.0 Å². The first-order chi connectivity index (χ1) is 6.08.